The zero-order valence-corrected chi connectivity index (χ0v) is 13.1. The normalized spacial score (nSPS) is 16.7. The maximum atomic E-state index is 12.6. The number of carbonyl (C=O) groups is 1. The van der Waals surface area contributed by atoms with Gasteiger partial charge in [-0.1, -0.05) is 5.16 Å². The molecule has 2 aromatic heterocycles. The van der Waals surface area contributed by atoms with Crippen molar-refractivity contribution < 1.29 is 18.5 Å². The van der Waals surface area contributed by atoms with Crippen LogP contribution in [0.25, 0.3) is 0 Å². The Bertz CT molecular complexity index is 850. The first kappa shape index (κ1) is 14.6. The predicted molar refractivity (Wildman–Crippen MR) is 86.9 cm³/mol. The summed E-state index contributed by atoms with van der Waals surface area (Å²) in [6, 6.07) is 11.1. The summed E-state index contributed by atoms with van der Waals surface area (Å²) in [5.41, 5.74) is 1.35. The Labute approximate surface area is 138 Å². The first-order chi connectivity index (χ1) is 11.7. The van der Waals surface area contributed by atoms with Crippen LogP contribution in [0, 0.1) is 0 Å². The molecule has 0 saturated carbocycles. The predicted octanol–water partition coefficient (Wildman–Crippen LogP) is 3.93. The van der Waals surface area contributed by atoms with Gasteiger partial charge in [0, 0.05) is 24.4 Å². The van der Waals surface area contributed by atoms with Gasteiger partial charge in [0.25, 0.3) is 0 Å². The van der Waals surface area contributed by atoms with E-state index in [1.54, 1.807) is 13.4 Å². The number of benzene rings is 1. The molecule has 122 valence electrons. The van der Waals surface area contributed by atoms with Gasteiger partial charge in [0.2, 0.25) is 0 Å². The number of furan rings is 1. The number of rotatable bonds is 4. The second-order valence-electron chi connectivity index (χ2n) is 5.73. The Morgan fingerprint density at radius 1 is 1.21 bits per heavy atom. The molecule has 1 aliphatic rings. The van der Waals surface area contributed by atoms with Crippen molar-refractivity contribution in [1.82, 2.24) is 5.16 Å². The summed E-state index contributed by atoms with van der Waals surface area (Å²) in [5.74, 6) is 2.63. The third-order valence-corrected chi connectivity index (χ3v) is 4.20. The van der Waals surface area contributed by atoms with Gasteiger partial charge < -0.3 is 19.0 Å². The average molecular weight is 324 g/mol. The molecule has 0 saturated heterocycles. The summed E-state index contributed by atoms with van der Waals surface area (Å²) in [7, 11) is 1.62. The fourth-order valence-corrected chi connectivity index (χ4v) is 2.99. The fourth-order valence-electron chi connectivity index (χ4n) is 2.99. The van der Waals surface area contributed by atoms with Crippen LogP contribution in [-0.2, 0) is 6.42 Å². The molecule has 3 aromatic rings. The van der Waals surface area contributed by atoms with Crippen LogP contribution in [0.5, 0.6) is 5.75 Å². The maximum absolute atomic E-state index is 12.6. The lowest BCUT2D eigenvalue weighted by Crippen LogP contribution is -2.17. The number of fused-ring (bicyclic) bond motifs is 1. The molecule has 0 amide bonds. The summed E-state index contributed by atoms with van der Waals surface area (Å²) < 4.78 is 16.0. The number of hydrogen-bond donors (Lipinski definition) is 1. The minimum Gasteiger partial charge on any atom is -0.497 e. The van der Waals surface area contributed by atoms with Crippen molar-refractivity contribution in [3.8, 4) is 5.75 Å². The number of anilines is 2. The van der Waals surface area contributed by atoms with Crippen LogP contribution >= 0.6 is 0 Å². The van der Waals surface area contributed by atoms with Crippen LogP contribution < -0.4 is 10.1 Å². The third-order valence-electron chi connectivity index (χ3n) is 4.20. The minimum absolute atomic E-state index is 0.00165. The highest BCUT2D eigenvalue weighted by Crippen LogP contribution is 2.36. The number of hydrogen-bond acceptors (Lipinski definition) is 6. The van der Waals surface area contributed by atoms with E-state index in [-0.39, 0.29) is 11.7 Å². The van der Waals surface area contributed by atoms with Crippen molar-refractivity contribution in [1.29, 1.82) is 0 Å². The lowest BCUT2D eigenvalue weighted by Gasteiger charge is -2.18. The number of ether oxygens (including phenoxy) is 1. The Kier molecular flexibility index (Phi) is 3.57. The summed E-state index contributed by atoms with van der Waals surface area (Å²) in [4.78, 5) is 12.6. The zero-order valence-electron chi connectivity index (χ0n) is 13.1. The highest BCUT2D eigenvalue weighted by atomic mass is 16.5. The van der Waals surface area contributed by atoms with Gasteiger partial charge in [-0.05, 0) is 36.4 Å². The Balaban J connectivity index is 1.58. The van der Waals surface area contributed by atoms with Crippen molar-refractivity contribution in [3.05, 3.63) is 59.7 Å². The molecule has 6 heteroatoms. The topological polar surface area (TPSA) is 77.5 Å². The molecule has 0 aliphatic heterocycles. The number of nitrogens with zero attached hydrogens (tertiary/aromatic N) is 1. The summed E-state index contributed by atoms with van der Waals surface area (Å²) >= 11 is 0. The molecular weight excluding hydrogens is 308 g/mol. The summed E-state index contributed by atoms with van der Waals surface area (Å²) in [6.07, 6.45) is 2.61. The number of aromatic nitrogens is 1. The smallest absolute Gasteiger partial charge is 0.185 e. The molecule has 0 unspecified atom stereocenters. The Morgan fingerprint density at radius 2 is 2.04 bits per heavy atom. The Hall–Kier alpha value is -3.02. The van der Waals surface area contributed by atoms with Crippen molar-refractivity contribution in [3.63, 3.8) is 0 Å². The van der Waals surface area contributed by atoms with E-state index >= 15 is 0 Å². The molecular formula is C18H16N2O4. The minimum atomic E-state index is 0.00165. The van der Waals surface area contributed by atoms with Crippen LogP contribution in [0.2, 0.25) is 0 Å². The highest BCUT2D eigenvalue weighted by molar-refractivity contribution is 6.03. The fraction of sp³-hybridized carbons (Fsp3) is 0.222. The number of ketones is 1. The van der Waals surface area contributed by atoms with Gasteiger partial charge in [-0.3, -0.25) is 4.79 Å². The second kappa shape index (κ2) is 5.88. The van der Waals surface area contributed by atoms with E-state index in [1.807, 2.05) is 36.4 Å². The van der Waals surface area contributed by atoms with E-state index in [2.05, 4.69) is 10.5 Å². The van der Waals surface area contributed by atoms with Gasteiger partial charge in [0.05, 0.1) is 13.4 Å². The van der Waals surface area contributed by atoms with Gasteiger partial charge in [0.1, 0.15) is 17.1 Å². The standard InChI is InChI=1S/C18H16N2O4/c1-22-13-6-4-12(5-7-13)19-18-17-14(21)9-11(10-16(17)24-20-18)15-3-2-8-23-15/h2-8,11H,9-10H2,1H3,(H,19,20)/t11-/m1/s1. The van der Waals surface area contributed by atoms with Crippen LogP contribution in [0.1, 0.15) is 34.2 Å². The monoisotopic (exact) mass is 324 g/mol. The molecule has 24 heavy (non-hydrogen) atoms. The third kappa shape index (κ3) is 2.56. The lowest BCUT2D eigenvalue weighted by molar-refractivity contribution is 0.0956. The largest absolute Gasteiger partial charge is 0.497 e. The van der Waals surface area contributed by atoms with E-state index < -0.39 is 0 Å². The van der Waals surface area contributed by atoms with Crippen molar-refractivity contribution >= 4 is 17.3 Å². The molecule has 1 N–H and O–H groups in total. The van der Waals surface area contributed by atoms with Crippen molar-refractivity contribution in [2.45, 2.75) is 18.8 Å². The first-order valence-corrected chi connectivity index (χ1v) is 7.71. The molecule has 0 bridgehead atoms. The highest BCUT2D eigenvalue weighted by Gasteiger charge is 2.34. The molecule has 0 fully saturated rings. The SMILES string of the molecule is COc1ccc(Nc2noc3c2C(=O)C[C@@H](c2ccco2)C3)cc1. The van der Waals surface area contributed by atoms with E-state index in [0.29, 0.717) is 30.0 Å². The van der Waals surface area contributed by atoms with E-state index in [4.69, 9.17) is 13.7 Å². The van der Waals surface area contributed by atoms with Crippen molar-refractivity contribution in [2.24, 2.45) is 0 Å². The van der Waals surface area contributed by atoms with E-state index in [0.717, 1.165) is 17.2 Å². The first-order valence-electron chi connectivity index (χ1n) is 7.71. The molecule has 1 aliphatic carbocycles. The van der Waals surface area contributed by atoms with E-state index in [1.165, 1.54) is 0 Å². The molecule has 4 rings (SSSR count). The molecule has 6 nitrogen and oxygen atoms in total. The van der Waals surface area contributed by atoms with Crippen LogP contribution in [0.15, 0.2) is 51.6 Å². The van der Waals surface area contributed by atoms with Crippen LogP contribution in [0.3, 0.4) is 0 Å². The summed E-state index contributed by atoms with van der Waals surface area (Å²) in [5, 5.41) is 7.17. The molecule has 1 aromatic carbocycles. The maximum Gasteiger partial charge on any atom is 0.185 e. The van der Waals surface area contributed by atoms with Crippen molar-refractivity contribution in [2.75, 3.05) is 12.4 Å². The summed E-state index contributed by atoms with van der Waals surface area (Å²) in [6.45, 7) is 0. The molecule has 1 atom stereocenters. The number of nitrogens with one attached hydrogen (secondary N) is 1. The van der Waals surface area contributed by atoms with Gasteiger partial charge >= 0.3 is 0 Å². The number of carbonyl (C=O) groups excluding carboxylic acids is 1. The average Bonchev–Trinajstić information content (AvgIpc) is 3.26. The lowest BCUT2D eigenvalue weighted by atomic mass is 9.85. The van der Waals surface area contributed by atoms with Gasteiger partial charge in [0.15, 0.2) is 17.4 Å². The van der Waals surface area contributed by atoms with Gasteiger partial charge in [-0.15, -0.1) is 0 Å². The van der Waals surface area contributed by atoms with Gasteiger partial charge in [-0.25, -0.2) is 0 Å². The Morgan fingerprint density at radius 3 is 2.75 bits per heavy atom. The number of Topliss-reactive ketones (excluding diaryl/α,β-unsaturated/α-hetero) is 1. The molecule has 2 heterocycles. The molecule has 0 spiro atoms. The van der Waals surface area contributed by atoms with E-state index in [9.17, 15) is 4.79 Å². The van der Waals surface area contributed by atoms with Crippen LogP contribution in [0.4, 0.5) is 11.5 Å². The van der Waals surface area contributed by atoms with Gasteiger partial charge in [-0.2, -0.15) is 0 Å². The number of methoxy groups -OCH3 is 1. The second-order valence-corrected chi connectivity index (χ2v) is 5.73. The zero-order chi connectivity index (χ0) is 16.5. The quantitative estimate of drug-likeness (QED) is 0.783. The molecule has 0 radical (unpaired) electrons. The van der Waals surface area contributed by atoms with Crippen LogP contribution in [-0.4, -0.2) is 18.0 Å².